The van der Waals surface area contributed by atoms with E-state index in [1.807, 2.05) is 54.6 Å². The molecule has 0 saturated heterocycles. The first-order valence-electron chi connectivity index (χ1n) is 8.08. The summed E-state index contributed by atoms with van der Waals surface area (Å²) in [6, 6.07) is 26.1. The van der Waals surface area contributed by atoms with Gasteiger partial charge < -0.3 is 0 Å². The van der Waals surface area contributed by atoms with E-state index in [1.165, 1.54) is 10.0 Å². The van der Waals surface area contributed by atoms with Crippen LogP contribution in [0.15, 0.2) is 88.1 Å². The van der Waals surface area contributed by atoms with Crippen molar-refractivity contribution in [3.63, 3.8) is 0 Å². The average molecular weight is 391 g/mol. The normalized spacial score (nSPS) is 10.9. The molecule has 122 valence electrons. The van der Waals surface area contributed by atoms with Crippen LogP contribution >= 0.6 is 0 Å². The van der Waals surface area contributed by atoms with Gasteiger partial charge in [0.05, 0.1) is 0 Å². The standard InChI is InChI=1S/C22H16O2Se/c1-15-11-13-17(14-12-15)25-21-18-9-5-6-10-19(18)22(23)24-20(21)16-7-3-2-4-8-16/h2-14H,1H3. The number of hydrogen-bond acceptors (Lipinski definition) is 2. The molecule has 0 bridgehead atoms. The first-order chi connectivity index (χ1) is 12.2. The maximum absolute atomic E-state index is 12.5. The zero-order valence-corrected chi connectivity index (χ0v) is 15.4. The Morgan fingerprint density at radius 2 is 1.40 bits per heavy atom. The van der Waals surface area contributed by atoms with E-state index < -0.39 is 0 Å². The van der Waals surface area contributed by atoms with Crippen LogP contribution in [-0.2, 0) is 0 Å². The number of benzene rings is 3. The van der Waals surface area contributed by atoms with E-state index in [9.17, 15) is 4.79 Å². The van der Waals surface area contributed by atoms with Gasteiger partial charge in [-0.2, -0.15) is 0 Å². The topological polar surface area (TPSA) is 30.2 Å². The zero-order chi connectivity index (χ0) is 17.2. The fourth-order valence-corrected chi connectivity index (χ4v) is 4.98. The van der Waals surface area contributed by atoms with Crippen molar-refractivity contribution in [3.05, 3.63) is 94.8 Å². The Morgan fingerprint density at radius 1 is 0.760 bits per heavy atom. The molecule has 1 aromatic heterocycles. The van der Waals surface area contributed by atoms with Crippen molar-refractivity contribution in [1.82, 2.24) is 0 Å². The van der Waals surface area contributed by atoms with Gasteiger partial charge in [0.15, 0.2) is 0 Å². The van der Waals surface area contributed by atoms with Crippen molar-refractivity contribution < 1.29 is 4.42 Å². The molecule has 0 aliphatic rings. The Labute approximate surface area is 152 Å². The zero-order valence-electron chi connectivity index (χ0n) is 13.7. The van der Waals surface area contributed by atoms with E-state index >= 15 is 0 Å². The first-order valence-corrected chi connectivity index (χ1v) is 9.79. The van der Waals surface area contributed by atoms with Gasteiger partial charge in [0.1, 0.15) is 0 Å². The second-order valence-electron chi connectivity index (χ2n) is 5.87. The third-order valence-electron chi connectivity index (χ3n) is 4.07. The van der Waals surface area contributed by atoms with Crippen molar-refractivity contribution in [1.29, 1.82) is 0 Å². The Bertz CT molecular complexity index is 1080. The van der Waals surface area contributed by atoms with Crippen LogP contribution < -0.4 is 14.5 Å². The van der Waals surface area contributed by atoms with Gasteiger partial charge in [0, 0.05) is 0 Å². The SMILES string of the molecule is Cc1ccc([Se]c2c(-c3ccccc3)oc(=O)c3ccccc23)cc1. The predicted molar refractivity (Wildman–Crippen MR) is 104 cm³/mol. The van der Waals surface area contributed by atoms with Crippen LogP contribution in [0.25, 0.3) is 22.1 Å². The van der Waals surface area contributed by atoms with E-state index in [1.54, 1.807) is 0 Å². The first kappa shape index (κ1) is 15.9. The minimum atomic E-state index is -0.280. The van der Waals surface area contributed by atoms with E-state index in [0.29, 0.717) is 11.1 Å². The fraction of sp³-hybridized carbons (Fsp3) is 0.0455. The van der Waals surface area contributed by atoms with Gasteiger partial charge in [0.2, 0.25) is 0 Å². The van der Waals surface area contributed by atoms with Crippen LogP contribution in [0.3, 0.4) is 0 Å². The molecule has 0 aliphatic carbocycles. The number of rotatable bonds is 3. The average Bonchev–Trinajstić information content (AvgIpc) is 2.66. The maximum atomic E-state index is 12.5. The molecule has 25 heavy (non-hydrogen) atoms. The molecule has 2 nitrogen and oxygen atoms in total. The van der Waals surface area contributed by atoms with Crippen LogP contribution in [0.2, 0.25) is 0 Å². The van der Waals surface area contributed by atoms with E-state index in [-0.39, 0.29) is 20.6 Å². The van der Waals surface area contributed by atoms with Crippen molar-refractivity contribution in [2.45, 2.75) is 6.92 Å². The number of fused-ring (bicyclic) bond motifs is 1. The van der Waals surface area contributed by atoms with Crippen molar-refractivity contribution in [2.75, 3.05) is 0 Å². The van der Waals surface area contributed by atoms with Crippen molar-refractivity contribution in [3.8, 4) is 11.3 Å². The van der Waals surface area contributed by atoms with Crippen LogP contribution in [0.4, 0.5) is 0 Å². The summed E-state index contributed by atoms with van der Waals surface area (Å²) in [5.41, 5.74) is 1.90. The van der Waals surface area contributed by atoms with Crippen LogP contribution in [-0.4, -0.2) is 15.0 Å². The summed E-state index contributed by atoms with van der Waals surface area (Å²) in [5.74, 6) is 0.685. The van der Waals surface area contributed by atoms with Gasteiger partial charge in [-0.25, -0.2) is 0 Å². The molecule has 0 aliphatic heterocycles. The molecule has 0 N–H and O–H groups in total. The van der Waals surface area contributed by atoms with Gasteiger partial charge in [-0.05, 0) is 0 Å². The molecule has 0 radical (unpaired) electrons. The molecule has 0 unspecified atom stereocenters. The molecule has 0 atom stereocenters. The molecule has 4 aromatic rings. The third-order valence-corrected chi connectivity index (χ3v) is 6.41. The van der Waals surface area contributed by atoms with Crippen LogP contribution in [0, 0.1) is 6.92 Å². The summed E-state index contributed by atoms with van der Waals surface area (Å²) in [4.78, 5) is 12.5. The Balaban J connectivity index is 1.97. The molecule has 0 fully saturated rings. The van der Waals surface area contributed by atoms with Crippen molar-refractivity contribution >= 4 is 34.7 Å². The van der Waals surface area contributed by atoms with Gasteiger partial charge in [-0.3, -0.25) is 0 Å². The predicted octanol–water partition coefficient (Wildman–Crippen LogP) is 3.42. The van der Waals surface area contributed by atoms with E-state index in [0.717, 1.165) is 15.4 Å². The van der Waals surface area contributed by atoms with Crippen LogP contribution in [0.5, 0.6) is 0 Å². The van der Waals surface area contributed by atoms with E-state index in [2.05, 4.69) is 31.2 Å². The van der Waals surface area contributed by atoms with Crippen molar-refractivity contribution in [2.24, 2.45) is 0 Å². The molecular weight excluding hydrogens is 375 g/mol. The number of aryl methyl sites for hydroxylation is 1. The van der Waals surface area contributed by atoms with E-state index in [4.69, 9.17) is 4.42 Å². The van der Waals surface area contributed by atoms with Gasteiger partial charge in [-0.1, -0.05) is 0 Å². The molecule has 1 heterocycles. The van der Waals surface area contributed by atoms with Gasteiger partial charge >= 0.3 is 152 Å². The Morgan fingerprint density at radius 3 is 2.12 bits per heavy atom. The summed E-state index contributed by atoms with van der Waals surface area (Å²) in [6.07, 6.45) is 0. The summed E-state index contributed by atoms with van der Waals surface area (Å²) < 4.78 is 8.13. The summed E-state index contributed by atoms with van der Waals surface area (Å²) in [5, 5.41) is 1.63. The second-order valence-corrected chi connectivity index (χ2v) is 8.15. The minimum absolute atomic E-state index is 0.0374. The van der Waals surface area contributed by atoms with Gasteiger partial charge in [-0.15, -0.1) is 0 Å². The quantitative estimate of drug-likeness (QED) is 0.501. The molecule has 3 aromatic carbocycles. The second kappa shape index (κ2) is 6.72. The van der Waals surface area contributed by atoms with Crippen LogP contribution in [0.1, 0.15) is 5.56 Å². The molecule has 4 rings (SSSR count). The Hall–Kier alpha value is -2.61. The molecular formula is C22H16O2Se. The summed E-state index contributed by atoms with van der Waals surface area (Å²) >= 11 is 0.0374. The molecule has 0 saturated carbocycles. The molecule has 0 spiro atoms. The summed E-state index contributed by atoms with van der Waals surface area (Å²) in [7, 11) is 0. The fourth-order valence-electron chi connectivity index (χ4n) is 2.78. The van der Waals surface area contributed by atoms with Gasteiger partial charge in [0.25, 0.3) is 0 Å². The number of hydrogen-bond donors (Lipinski definition) is 0. The monoisotopic (exact) mass is 392 g/mol. The third kappa shape index (κ3) is 3.17. The molecule has 0 amide bonds. The summed E-state index contributed by atoms with van der Waals surface area (Å²) in [6.45, 7) is 2.09. The Kier molecular flexibility index (Phi) is 4.27. The molecule has 3 heteroatoms.